The zero-order valence-corrected chi connectivity index (χ0v) is 8.19. The first-order chi connectivity index (χ1) is 5.95. The van der Waals surface area contributed by atoms with Crippen LogP contribution < -0.4 is 0 Å². The van der Waals surface area contributed by atoms with Crippen LogP contribution in [0.1, 0.15) is 12.8 Å². The molecule has 0 radical (unpaired) electrons. The van der Waals surface area contributed by atoms with E-state index >= 15 is 0 Å². The number of aliphatic imine (C=N–C) groups is 1. The summed E-state index contributed by atoms with van der Waals surface area (Å²) in [7, 11) is 0.276. The Morgan fingerprint density at radius 1 is 1.25 bits per heavy atom. The van der Waals surface area contributed by atoms with Gasteiger partial charge in [0.25, 0.3) is 0 Å². The summed E-state index contributed by atoms with van der Waals surface area (Å²) in [4.78, 5) is 4.49. The van der Waals surface area contributed by atoms with Gasteiger partial charge in [0.1, 0.15) is 0 Å². The van der Waals surface area contributed by atoms with Gasteiger partial charge in [-0.1, -0.05) is 12.2 Å². The molecule has 2 rings (SSSR count). The van der Waals surface area contributed by atoms with Crippen LogP contribution >= 0.6 is 8.58 Å². The van der Waals surface area contributed by atoms with Crippen LogP contribution in [0, 0.1) is 0 Å². The fourth-order valence-electron chi connectivity index (χ4n) is 1.37. The highest BCUT2D eigenvalue weighted by Gasteiger charge is 2.10. The lowest BCUT2D eigenvalue weighted by molar-refractivity contribution is 1.000. The van der Waals surface area contributed by atoms with Crippen LogP contribution in [-0.4, -0.2) is 12.0 Å². The highest BCUT2D eigenvalue weighted by atomic mass is 31.1. The molecule has 1 atom stereocenters. The molecule has 0 N–H and O–H groups in total. The first-order valence-electron chi connectivity index (χ1n) is 4.37. The van der Waals surface area contributed by atoms with E-state index in [9.17, 15) is 0 Å². The van der Waals surface area contributed by atoms with Crippen LogP contribution in [0.15, 0.2) is 40.7 Å². The molecule has 2 heteroatoms. The lowest BCUT2D eigenvalue weighted by atomic mass is 10.3. The van der Waals surface area contributed by atoms with E-state index < -0.39 is 0 Å². The molecule has 0 fully saturated rings. The van der Waals surface area contributed by atoms with Crippen LogP contribution in [0.2, 0.25) is 0 Å². The highest BCUT2D eigenvalue weighted by Crippen LogP contribution is 2.31. The molecular weight excluding hydrogens is 165 g/mol. The van der Waals surface area contributed by atoms with Gasteiger partial charge in [0.15, 0.2) is 5.45 Å². The van der Waals surface area contributed by atoms with E-state index in [4.69, 9.17) is 0 Å². The minimum Gasteiger partial charge on any atom is -0.252 e. The largest absolute Gasteiger partial charge is 0.252 e. The van der Waals surface area contributed by atoms with Crippen molar-refractivity contribution in [2.75, 3.05) is 6.54 Å². The lowest BCUT2D eigenvalue weighted by Gasteiger charge is -1.98. The van der Waals surface area contributed by atoms with Crippen molar-refractivity contribution >= 4 is 14.0 Å². The molecule has 1 aliphatic heterocycles. The third-order valence-corrected chi connectivity index (χ3v) is 3.43. The van der Waals surface area contributed by atoms with Crippen molar-refractivity contribution < 1.29 is 0 Å². The average Bonchev–Trinajstić information content (AvgIpc) is 2.59. The van der Waals surface area contributed by atoms with Crippen molar-refractivity contribution in [3.63, 3.8) is 0 Å². The van der Waals surface area contributed by atoms with Crippen molar-refractivity contribution in [3.8, 4) is 0 Å². The maximum Gasteiger partial charge on any atom is 0.177 e. The zero-order valence-electron chi connectivity index (χ0n) is 7.03. The Morgan fingerprint density at radius 2 is 2.25 bits per heavy atom. The molecule has 2 aliphatic rings. The van der Waals surface area contributed by atoms with Crippen LogP contribution in [0.3, 0.4) is 0 Å². The molecule has 0 saturated heterocycles. The SMILES string of the molecule is C1=CC([PH2+]C2=NCCC=C2)=CC1. The molecule has 62 valence electrons. The molecule has 1 nitrogen and oxygen atoms in total. The Morgan fingerprint density at radius 3 is 2.92 bits per heavy atom. The van der Waals surface area contributed by atoms with E-state index in [1.165, 1.54) is 10.8 Å². The maximum absolute atomic E-state index is 4.49. The van der Waals surface area contributed by atoms with E-state index in [1.807, 2.05) is 0 Å². The molecule has 0 spiro atoms. The molecule has 0 aromatic carbocycles. The Kier molecular flexibility index (Phi) is 2.53. The number of nitrogens with zero attached hydrogens (tertiary/aromatic N) is 1. The zero-order chi connectivity index (χ0) is 8.23. The average molecular weight is 178 g/mol. The van der Waals surface area contributed by atoms with E-state index in [2.05, 4.69) is 35.4 Å². The minimum atomic E-state index is 0.276. The van der Waals surface area contributed by atoms with Gasteiger partial charge >= 0.3 is 0 Å². The van der Waals surface area contributed by atoms with E-state index in [1.54, 1.807) is 0 Å². The van der Waals surface area contributed by atoms with Crippen molar-refractivity contribution in [3.05, 3.63) is 35.7 Å². The molecule has 1 heterocycles. The summed E-state index contributed by atoms with van der Waals surface area (Å²) >= 11 is 0. The van der Waals surface area contributed by atoms with Crippen molar-refractivity contribution in [1.29, 1.82) is 0 Å². The van der Waals surface area contributed by atoms with Gasteiger partial charge in [0.2, 0.25) is 0 Å². The van der Waals surface area contributed by atoms with Gasteiger partial charge in [-0.3, -0.25) is 4.99 Å². The number of dihydropyridines is 1. The van der Waals surface area contributed by atoms with Gasteiger partial charge < -0.3 is 0 Å². The lowest BCUT2D eigenvalue weighted by Crippen LogP contribution is -1.93. The van der Waals surface area contributed by atoms with Gasteiger partial charge in [-0.05, 0) is 31.1 Å². The van der Waals surface area contributed by atoms with Crippen LogP contribution in [-0.2, 0) is 0 Å². The van der Waals surface area contributed by atoms with Gasteiger partial charge in [-0.25, -0.2) is 0 Å². The fourth-order valence-corrected chi connectivity index (χ4v) is 2.65. The first-order valence-corrected chi connectivity index (χ1v) is 5.53. The Balaban J connectivity index is 1.98. The third kappa shape index (κ3) is 1.92. The number of rotatable bonds is 2. The summed E-state index contributed by atoms with van der Waals surface area (Å²) in [5.74, 6) is 0. The topological polar surface area (TPSA) is 12.4 Å². The quantitative estimate of drug-likeness (QED) is 0.576. The second-order valence-corrected chi connectivity index (χ2v) is 4.53. The highest BCUT2D eigenvalue weighted by molar-refractivity contribution is 7.63. The van der Waals surface area contributed by atoms with Gasteiger partial charge in [-0.2, -0.15) is 0 Å². The second-order valence-electron chi connectivity index (χ2n) is 2.98. The summed E-state index contributed by atoms with van der Waals surface area (Å²) in [5, 5.41) is 1.50. The molecule has 0 amide bonds. The van der Waals surface area contributed by atoms with E-state index in [0.29, 0.717) is 0 Å². The van der Waals surface area contributed by atoms with Crippen molar-refractivity contribution in [1.82, 2.24) is 0 Å². The molecule has 0 saturated carbocycles. The van der Waals surface area contributed by atoms with Crippen molar-refractivity contribution in [2.24, 2.45) is 4.99 Å². The summed E-state index contributed by atoms with van der Waals surface area (Å²) in [6.45, 7) is 0.996. The van der Waals surface area contributed by atoms with Crippen LogP contribution in [0.25, 0.3) is 0 Å². The van der Waals surface area contributed by atoms with Gasteiger partial charge in [0.05, 0.1) is 13.9 Å². The smallest absolute Gasteiger partial charge is 0.177 e. The third-order valence-electron chi connectivity index (χ3n) is 1.99. The molecule has 1 aliphatic carbocycles. The summed E-state index contributed by atoms with van der Waals surface area (Å²) in [5.41, 5.74) is 1.32. The summed E-state index contributed by atoms with van der Waals surface area (Å²) < 4.78 is 0. The number of hydrogen-bond donors (Lipinski definition) is 0. The number of hydrogen-bond acceptors (Lipinski definition) is 1. The Hall–Kier alpha value is -0.680. The molecule has 0 bridgehead atoms. The predicted octanol–water partition coefficient (Wildman–Crippen LogP) is 2.60. The Bertz CT molecular complexity index is 284. The fraction of sp³-hybridized carbons (Fsp3) is 0.300. The molecule has 1 unspecified atom stereocenters. The minimum absolute atomic E-state index is 0.276. The van der Waals surface area contributed by atoms with Crippen LogP contribution in [0.4, 0.5) is 0 Å². The van der Waals surface area contributed by atoms with Gasteiger partial charge in [0, 0.05) is 6.54 Å². The standard InChI is InChI=1S/C10H12NP/c1-2-6-9(5-1)12-10-7-3-4-8-11-10/h1,3,5-7,12H,2,4,8H2/p+1. The number of allylic oxidation sites excluding steroid dienone is 5. The van der Waals surface area contributed by atoms with Gasteiger partial charge in [-0.15, -0.1) is 0 Å². The first kappa shape index (κ1) is 7.94. The monoisotopic (exact) mass is 178 g/mol. The van der Waals surface area contributed by atoms with E-state index in [0.717, 1.165) is 19.4 Å². The molecule has 12 heavy (non-hydrogen) atoms. The predicted molar refractivity (Wildman–Crippen MR) is 57.6 cm³/mol. The van der Waals surface area contributed by atoms with E-state index in [-0.39, 0.29) is 8.58 Å². The summed E-state index contributed by atoms with van der Waals surface area (Å²) in [6, 6.07) is 0. The molecular formula is C10H13NP+. The Labute approximate surface area is 74.8 Å². The van der Waals surface area contributed by atoms with Crippen LogP contribution in [0.5, 0.6) is 0 Å². The molecule has 0 aromatic rings. The summed E-state index contributed by atoms with van der Waals surface area (Å²) in [6.07, 6.45) is 13.4. The maximum atomic E-state index is 4.49. The van der Waals surface area contributed by atoms with Crippen molar-refractivity contribution in [2.45, 2.75) is 12.8 Å². The normalized spacial score (nSPS) is 22.0. The molecule has 0 aromatic heterocycles. The second kappa shape index (κ2) is 3.82.